The molecule has 0 amide bonds. The molecular weight excluding hydrogens is 304 g/mol. The van der Waals surface area contributed by atoms with Gasteiger partial charge in [0.2, 0.25) is 0 Å². The van der Waals surface area contributed by atoms with Crippen molar-refractivity contribution in [3.8, 4) is 0 Å². The van der Waals surface area contributed by atoms with Gasteiger partial charge in [-0.15, -0.1) is 5.10 Å². The number of hydrogen-bond donors (Lipinski definition) is 1. The van der Waals surface area contributed by atoms with Crippen LogP contribution in [0.1, 0.15) is 24.1 Å². The number of hydrogen-bond acceptors (Lipinski definition) is 4. The van der Waals surface area contributed by atoms with Gasteiger partial charge in [0.15, 0.2) is 0 Å². The largest absolute Gasteiger partial charge is 0.481 e. The molecule has 6 nitrogen and oxygen atoms in total. The summed E-state index contributed by atoms with van der Waals surface area (Å²) in [6, 6.07) is 10.1. The Morgan fingerprint density at radius 1 is 1.25 bits per heavy atom. The molecule has 0 spiro atoms. The van der Waals surface area contributed by atoms with Gasteiger partial charge in [-0.2, -0.15) is 0 Å². The third-order valence-corrected chi connectivity index (χ3v) is 4.31. The number of carbonyl (C=O) groups is 1. The van der Waals surface area contributed by atoms with Gasteiger partial charge < -0.3 is 5.11 Å². The number of carboxylic acids is 1. The lowest BCUT2D eigenvalue weighted by Gasteiger charge is -2.29. The molecule has 3 rings (SSSR count). The first-order valence-corrected chi connectivity index (χ1v) is 8.26. The van der Waals surface area contributed by atoms with Gasteiger partial charge in [-0.3, -0.25) is 9.69 Å². The molecule has 1 saturated heterocycles. The summed E-state index contributed by atoms with van der Waals surface area (Å²) < 4.78 is 1.82. The summed E-state index contributed by atoms with van der Waals surface area (Å²) in [4.78, 5) is 13.2. The summed E-state index contributed by atoms with van der Waals surface area (Å²) in [7, 11) is 0. The number of aliphatic carboxylic acids is 1. The Hall–Kier alpha value is -2.47. The van der Waals surface area contributed by atoms with Crippen LogP contribution in [0.15, 0.2) is 42.6 Å². The fraction of sp³-hybridized carbons (Fsp3) is 0.389. The normalized spacial score (nSPS) is 16.7. The van der Waals surface area contributed by atoms with Crippen molar-refractivity contribution in [2.45, 2.75) is 25.9 Å². The minimum atomic E-state index is -0.675. The molecule has 1 N–H and O–H groups in total. The maximum absolute atomic E-state index is 11.0. The molecule has 0 unspecified atom stereocenters. The molecule has 0 radical (unpaired) electrons. The SMILES string of the molecule is O=C(O)C1CCN(Cc2cn(C/C=C/c3ccccc3)nn2)CC1. The fourth-order valence-electron chi connectivity index (χ4n) is 2.93. The highest BCUT2D eigenvalue weighted by Gasteiger charge is 2.24. The van der Waals surface area contributed by atoms with Crippen LogP contribution in [0.4, 0.5) is 0 Å². The minimum absolute atomic E-state index is 0.194. The second-order valence-corrected chi connectivity index (χ2v) is 6.13. The van der Waals surface area contributed by atoms with E-state index < -0.39 is 5.97 Å². The van der Waals surface area contributed by atoms with Gasteiger partial charge in [-0.25, -0.2) is 4.68 Å². The van der Waals surface area contributed by atoms with Crippen molar-refractivity contribution in [1.82, 2.24) is 19.9 Å². The second-order valence-electron chi connectivity index (χ2n) is 6.13. The van der Waals surface area contributed by atoms with Gasteiger partial charge in [0.1, 0.15) is 0 Å². The van der Waals surface area contributed by atoms with Gasteiger partial charge >= 0.3 is 5.97 Å². The second kappa shape index (κ2) is 7.88. The Morgan fingerprint density at radius 2 is 2.00 bits per heavy atom. The van der Waals surface area contributed by atoms with E-state index in [2.05, 4.69) is 39.5 Å². The zero-order chi connectivity index (χ0) is 16.8. The summed E-state index contributed by atoms with van der Waals surface area (Å²) in [6.45, 7) is 3.02. The summed E-state index contributed by atoms with van der Waals surface area (Å²) in [5.74, 6) is -0.870. The van der Waals surface area contributed by atoms with E-state index in [-0.39, 0.29) is 5.92 Å². The predicted octanol–water partition coefficient (Wildman–Crippen LogP) is 2.29. The monoisotopic (exact) mass is 326 g/mol. The number of nitrogens with zero attached hydrogens (tertiary/aromatic N) is 4. The van der Waals surface area contributed by atoms with E-state index in [1.165, 1.54) is 5.56 Å². The van der Waals surface area contributed by atoms with Crippen molar-refractivity contribution in [1.29, 1.82) is 0 Å². The highest BCUT2D eigenvalue weighted by molar-refractivity contribution is 5.70. The Balaban J connectivity index is 1.47. The Kier molecular flexibility index (Phi) is 5.38. The number of carboxylic acid groups (broad SMARTS) is 1. The standard InChI is InChI=1S/C18H22N4O2/c23-18(24)16-8-11-21(12-9-16)13-17-14-22(20-19-17)10-4-7-15-5-2-1-3-6-15/h1-7,14,16H,8-13H2,(H,23,24)/b7-4+. The van der Waals surface area contributed by atoms with Crippen LogP contribution in [0, 0.1) is 5.92 Å². The van der Waals surface area contributed by atoms with Gasteiger partial charge in [0, 0.05) is 6.54 Å². The molecule has 2 aromatic rings. The number of likely N-dealkylation sites (tertiary alicyclic amines) is 1. The Labute approximate surface area is 141 Å². The molecule has 1 fully saturated rings. The highest BCUT2D eigenvalue weighted by atomic mass is 16.4. The smallest absolute Gasteiger partial charge is 0.306 e. The molecule has 1 aromatic heterocycles. The maximum atomic E-state index is 11.0. The van der Waals surface area contributed by atoms with E-state index in [1.807, 2.05) is 29.1 Å². The van der Waals surface area contributed by atoms with Crippen molar-refractivity contribution in [3.63, 3.8) is 0 Å². The molecule has 6 heteroatoms. The van der Waals surface area contributed by atoms with Crippen LogP contribution in [-0.4, -0.2) is 44.1 Å². The quantitative estimate of drug-likeness (QED) is 0.882. The molecule has 0 aliphatic carbocycles. The van der Waals surface area contributed by atoms with E-state index in [9.17, 15) is 4.79 Å². The first-order valence-electron chi connectivity index (χ1n) is 8.26. The van der Waals surface area contributed by atoms with Crippen LogP contribution in [0.5, 0.6) is 0 Å². The van der Waals surface area contributed by atoms with Crippen molar-refractivity contribution in [2.75, 3.05) is 13.1 Å². The lowest BCUT2D eigenvalue weighted by atomic mass is 9.97. The topological polar surface area (TPSA) is 71.2 Å². The number of aromatic nitrogens is 3. The van der Waals surface area contributed by atoms with Crippen LogP contribution in [0.25, 0.3) is 6.08 Å². The first kappa shape index (κ1) is 16.4. The fourth-order valence-corrected chi connectivity index (χ4v) is 2.93. The van der Waals surface area contributed by atoms with Crippen LogP contribution < -0.4 is 0 Å². The molecule has 1 aliphatic rings. The van der Waals surface area contributed by atoms with E-state index >= 15 is 0 Å². The van der Waals surface area contributed by atoms with Crippen molar-refractivity contribution >= 4 is 12.0 Å². The maximum Gasteiger partial charge on any atom is 0.306 e. The summed E-state index contributed by atoms with van der Waals surface area (Å²) in [5.41, 5.74) is 2.09. The zero-order valence-corrected chi connectivity index (χ0v) is 13.6. The number of piperidine rings is 1. The molecule has 0 bridgehead atoms. The van der Waals surface area contributed by atoms with Gasteiger partial charge in [-0.1, -0.05) is 47.7 Å². The van der Waals surface area contributed by atoms with Crippen LogP contribution in [-0.2, 0) is 17.9 Å². The van der Waals surface area contributed by atoms with Crippen LogP contribution >= 0.6 is 0 Å². The molecule has 2 heterocycles. The highest BCUT2D eigenvalue weighted by Crippen LogP contribution is 2.18. The lowest BCUT2D eigenvalue weighted by molar-refractivity contribution is -0.143. The zero-order valence-electron chi connectivity index (χ0n) is 13.6. The third-order valence-electron chi connectivity index (χ3n) is 4.31. The van der Waals surface area contributed by atoms with Gasteiger partial charge in [-0.05, 0) is 31.5 Å². The van der Waals surface area contributed by atoms with Crippen molar-refractivity contribution in [2.24, 2.45) is 5.92 Å². The Morgan fingerprint density at radius 3 is 2.71 bits per heavy atom. The lowest BCUT2D eigenvalue weighted by Crippen LogP contribution is -2.35. The van der Waals surface area contributed by atoms with E-state index in [4.69, 9.17) is 5.11 Å². The van der Waals surface area contributed by atoms with Gasteiger partial charge in [0.25, 0.3) is 0 Å². The molecule has 24 heavy (non-hydrogen) atoms. The number of allylic oxidation sites excluding steroid dienone is 1. The van der Waals surface area contributed by atoms with Gasteiger partial charge in [0.05, 0.1) is 24.4 Å². The molecule has 0 atom stereocenters. The van der Waals surface area contributed by atoms with Crippen molar-refractivity contribution in [3.05, 3.63) is 53.9 Å². The van der Waals surface area contributed by atoms with Crippen LogP contribution in [0.3, 0.4) is 0 Å². The number of rotatable bonds is 6. The predicted molar refractivity (Wildman–Crippen MR) is 91.1 cm³/mol. The Bertz CT molecular complexity index is 688. The summed E-state index contributed by atoms with van der Waals surface area (Å²) in [5, 5.41) is 17.4. The van der Waals surface area contributed by atoms with E-state index in [0.29, 0.717) is 19.4 Å². The van der Waals surface area contributed by atoms with E-state index in [0.717, 1.165) is 25.3 Å². The first-order chi connectivity index (χ1) is 11.7. The molecule has 126 valence electrons. The molecule has 1 aromatic carbocycles. The number of benzene rings is 1. The average Bonchev–Trinajstić information content (AvgIpc) is 3.04. The minimum Gasteiger partial charge on any atom is -0.481 e. The summed E-state index contributed by atoms with van der Waals surface area (Å²) >= 11 is 0. The van der Waals surface area contributed by atoms with Crippen LogP contribution in [0.2, 0.25) is 0 Å². The molecular formula is C18H22N4O2. The van der Waals surface area contributed by atoms with E-state index in [1.54, 1.807) is 0 Å². The molecule has 1 aliphatic heterocycles. The average molecular weight is 326 g/mol. The third kappa shape index (κ3) is 4.52. The van der Waals surface area contributed by atoms with Crippen molar-refractivity contribution < 1.29 is 9.90 Å². The summed E-state index contributed by atoms with van der Waals surface area (Å²) in [6.07, 6.45) is 7.51. The molecule has 0 saturated carbocycles.